The number of rotatable bonds is 5. The molecular weight excluding hydrogens is 289 g/mol. The number of aliphatic carboxylic acids is 1. The first-order valence-electron chi connectivity index (χ1n) is 5.80. The maximum Gasteiger partial charge on any atom is 0.316 e. The van der Waals surface area contributed by atoms with Crippen molar-refractivity contribution in [2.75, 3.05) is 5.32 Å². The van der Waals surface area contributed by atoms with Crippen LogP contribution in [-0.4, -0.2) is 17.0 Å². The Labute approximate surface area is 121 Å². The van der Waals surface area contributed by atoms with Crippen LogP contribution in [0, 0.1) is 11.8 Å². The van der Waals surface area contributed by atoms with E-state index in [2.05, 4.69) is 5.32 Å². The van der Waals surface area contributed by atoms with Crippen molar-refractivity contribution in [1.29, 1.82) is 0 Å². The maximum absolute atomic E-state index is 11.9. The number of nitrogens with one attached hydrogen (secondary N) is 1. The van der Waals surface area contributed by atoms with Gasteiger partial charge >= 0.3 is 5.97 Å². The standard InChI is InChI=1S/C13H15Cl2NO3/c1-7(2)5-9(13(18)19)12(17)16-8-3-4-10(14)11(15)6-8/h3-4,6-7,9H,5H2,1-2H3,(H,16,17)(H,18,19). The summed E-state index contributed by atoms with van der Waals surface area (Å²) < 4.78 is 0. The van der Waals surface area contributed by atoms with Crippen LogP contribution in [0.1, 0.15) is 20.3 Å². The fourth-order valence-electron chi connectivity index (χ4n) is 1.59. The number of hydrogen-bond donors (Lipinski definition) is 2. The summed E-state index contributed by atoms with van der Waals surface area (Å²) in [5.74, 6) is -2.65. The molecular formula is C13H15Cl2NO3. The van der Waals surface area contributed by atoms with E-state index in [0.717, 1.165) is 0 Å². The van der Waals surface area contributed by atoms with Gasteiger partial charge in [-0.1, -0.05) is 37.0 Å². The Kier molecular flexibility index (Phi) is 5.63. The third-order valence-electron chi connectivity index (χ3n) is 2.51. The molecule has 4 nitrogen and oxygen atoms in total. The Morgan fingerprint density at radius 1 is 1.26 bits per heavy atom. The highest BCUT2D eigenvalue weighted by atomic mass is 35.5. The Balaban J connectivity index is 2.81. The second-order valence-corrected chi connectivity index (χ2v) is 5.45. The average Bonchev–Trinajstić information content (AvgIpc) is 2.30. The van der Waals surface area contributed by atoms with Gasteiger partial charge in [-0.2, -0.15) is 0 Å². The number of carboxylic acid groups (broad SMARTS) is 1. The van der Waals surface area contributed by atoms with Crippen LogP contribution in [0.4, 0.5) is 5.69 Å². The second-order valence-electron chi connectivity index (χ2n) is 4.64. The summed E-state index contributed by atoms with van der Waals surface area (Å²) in [4.78, 5) is 23.0. The molecule has 1 atom stereocenters. The number of halogens is 2. The monoisotopic (exact) mass is 303 g/mol. The summed E-state index contributed by atoms with van der Waals surface area (Å²) in [6.07, 6.45) is 0.280. The molecule has 1 amide bonds. The largest absolute Gasteiger partial charge is 0.481 e. The van der Waals surface area contributed by atoms with Gasteiger partial charge in [-0.05, 0) is 30.5 Å². The van der Waals surface area contributed by atoms with E-state index < -0.39 is 17.8 Å². The number of hydrogen-bond acceptors (Lipinski definition) is 2. The number of carbonyl (C=O) groups excluding carboxylic acids is 1. The molecule has 1 rings (SSSR count). The third-order valence-corrected chi connectivity index (χ3v) is 3.25. The molecule has 19 heavy (non-hydrogen) atoms. The van der Waals surface area contributed by atoms with E-state index in [4.69, 9.17) is 28.3 Å². The van der Waals surface area contributed by atoms with Crippen molar-refractivity contribution in [2.24, 2.45) is 11.8 Å². The van der Waals surface area contributed by atoms with Crippen LogP contribution in [0.15, 0.2) is 18.2 Å². The molecule has 0 radical (unpaired) electrons. The van der Waals surface area contributed by atoms with E-state index in [1.807, 2.05) is 13.8 Å². The Hall–Kier alpha value is -1.26. The van der Waals surface area contributed by atoms with Crippen molar-refractivity contribution >= 4 is 40.8 Å². The minimum absolute atomic E-state index is 0.112. The van der Waals surface area contributed by atoms with Gasteiger partial charge < -0.3 is 10.4 Å². The van der Waals surface area contributed by atoms with E-state index in [1.165, 1.54) is 12.1 Å². The molecule has 0 spiro atoms. The molecule has 0 saturated carbocycles. The molecule has 0 bridgehead atoms. The lowest BCUT2D eigenvalue weighted by Gasteiger charge is -2.15. The fraction of sp³-hybridized carbons (Fsp3) is 0.385. The van der Waals surface area contributed by atoms with Gasteiger partial charge in [-0.3, -0.25) is 9.59 Å². The molecule has 104 valence electrons. The maximum atomic E-state index is 11.9. The molecule has 0 aliphatic heterocycles. The Morgan fingerprint density at radius 3 is 2.37 bits per heavy atom. The highest BCUT2D eigenvalue weighted by molar-refractivity contribution is 6.42. The molecule has 1 aromatic rings. The van der Waals surface area contributed by atoms with E-state index in [-0.39, 0.29) is 12.3 Å². The van der Waals surface area contributed by atoms with Crippen LogP contribution in [0.5, 0.6) is 0 Å². The van der Waals surface area contributed by atoms with E-state index >= 15 is 0 Å². The smallest absolute Gasteiger partial charge is 0.316 e. The summed E-state index contributed by atoms with van der Waals surface area (Å²) in [7, 11) is 0. The number of amides is 1. The average molecular weight is 304 g/mol. The second kappa shape index (κ2) is 6.78. The van der Waals surface area contributed by atoms with Crippen LogP contribution in [0.2, 0.25) is 10.0 Å². The number of benzene rings is 1. The lowest BCUT2D eigenvalue weighted by atomic mass is 9.96. The van der Waals surface area contributed by atoms with Crippen molar-refractivity contribution < 1.29 is 14.7 Å². The number of carboxylic acids is 1. The molecule has 6 heteroatoms. The molecule has 0 heterocycles. The summed E-state index contributed by atoms with van der Waals surface area (Å²) in [6.45, 7) is 3.73. The summed E-state index contributed by atoms with van der Waals surface area (Å²) in [6, 6.07) is 4.59. The van der Waals surface area contributed by atoms with Gasteiger partial charge in [0, 0.05) is 5.69 Å². The van der Waals surface area contributed by atoms with Gasteiger partial charge in [0.15, 0.2) is 0 Å². The summed E-state index contributed by atoms with van der Waals surface area (Å²) >= 11 is 11.6. The first-order valence-corrected chi connectivity index (χ1v) is 6.55. The zero-order valence-electron chi connectivity index (χ0n) is 10.6. The van der Waals surface area contributed by atoms with E-state index in [0.29, 0.717) is 15.7 Å². The Bertz CT molecular complexity index is 489. The van der Waals surface area contributed by atoms with Crippen molar-refractivity contribution in [2.45, 2.75) is 20.3 Å². The van der Waals surface area contributed by atoms with Crippen molar-refractivity contribution in [3.8, 4) is 0 Å². The van der Waals surface area contributed by atoms with Gasteiger partial charge in [-0.25, -0.2) is 0 Å². The topological polar surface area (TPSA) is 66.4 Å². The van der Waals surface area contributed by atoms with Gasteiger partial charge in [0.25, 0.3) is 0 Å². The predicted octanol–water partition coefficient (Wildman–Crippen LogP) is 3.68. The van der Waals surface area contributed by atoms with Gasteiger partial charge in [0.05, 0.1) is 10.0 Å². The van der Waals surface area contributed by atoms with Crippen molar-refractivity contribution in [1.82, 2.24) is 0 Å². The SMILES string of the molecule is CC(C)CC(C(=O)O)C(=O)Nc1ccc(Cl)c(Cl)c1. The van der Waals surface area contributed by atoms with Gasteiger partial charge in [-0.15, -0.1) is 0 Å². The van der Waals surface area contributed by atoms with E-state index in [9.17, 15) is 9.59 Å². The van der Waals surface area contributed by atoms with Crippen molar-refractivity contribution in [3.63, 3.8) is 0 Å². The highest BCUT2D eigenvalue weighted by Crippen LogP contribution is 2.25. The zero-order valence-corrected chi connectivity index (χ0v) is 12.1. The highest BCUT2D eigenvalue weighted by Gasteiger charge is 2.27. The fourth-order valence-corrected chi connectivity index (χ4v) is 1.89. The molecule has 0 aromatic heterocycles. The van der Waals surface area contributed by atoms with Crippen molar-refractivity contribution in [3.05, 3.63) is 28.2 Å². The minimum Gasteiger partial charge on any atom is -0.481 e. The molecule has 2 N–H and O–H groups in total. The summed E-state index contributed by atoms with van der Waals surface area (Å²) in [5, 5.41) is 12.3. The van der Waals surface area contributed by atoms with Gasteiger partial charge in [0.1, 0.15) is 5.92 Å². The normalized spacial score (nSPS) is 12.3. The quantitative estimate of drug-likeness (QED) is 0.815. The zero-order chi connectivity index (χ0) is 14.6. The minimum atomic E-state index is -1.13. The predicted molar refractivity (Wildman–Crippen MR) is 75.7 cm³/mol. The van der Waals surface area contributed by atoms with Crippen LogP contribution >= 0.6 is 23.2 Å². The number of carbonyl (C=O) groups is 2. The Morgan fingerprint density at radius 2 is 1.89 bits per heavy atom. The molecule has 0 saturated heterocycles. The first kappa shape index (κ1) is 15.8. The first-order chi connectivity index (χ1) is 8.81. The molecule has 0 aliphatic rings. The van der Waals surface area contributed by atoms with Crippen LogP contribution < -0.4 is 5.32 Å². The van der Waals surface area contributed by atoms with Crippen LogP contribution in [0.25, 0.3) is 0 Å². The van der Waals surface area contributed by atoms with Crippen LogP contribution in [0.3, 0.4) is 0 Å². The van der Waals surface area contributed by atoms with Gasteiger partial charge in [0.2, 0.25) is 5.91 Å². The summed E-state index contributed by atoms with van der Waals surface area (Å²) in [5.41, 5.74) is 0.425. The van der Waals surface area contributed by atoms with Crippen LogP contribution in [-0.2, 0) is 9.59 Å². The molecule has 1 unspecified atom stereocenters. The lowest BCUT2D eigenvalue weighted by molar-refractivity contribution is -0.146. The third kappa shape index (κ3) is 4.73. The lowest BCUT2D eigenvalue weighted by Crippen LogP contribution is -2.30. The molecule has 0 fully saturated rings. The molecule has 1 aromatic carbocycles. The molecule has 0 aliphatic carbocycles. The number of anilines is 1. The van der Waals surface area contributed by atoms with E-state index in [1.54, 1.807) is 6.07 Å².